The van der Waals surface area contributed by atoms with Gasteiger partial charge in [-0.15, -0.1) is 0 Å². The van der Waals surface area contributed by atoms with Crippen molar-refractivity contribution in [3.8, 4) is 0 Å². The molecule has 0 aliphatic carbocycles. The Bertz CT molecular complexity index is 1710. The zero-order chi connectivity index (χ0) is 52.6. The van der Waals surface area contributed by atoms with Crippen molar-refractivity contribution in [2.75, 3.05) is 177 Å². The number of fused-ring (bicyclic) bond motifs is 1. The smallest absolute Gasteiger partial charge is 0.308 e. The molecule has 2 heterocycles. The summed E-state index contributed by atoms with van der Waals surface area (Å²) in [7, 11) is 0. The van der Waals surface area contributed by atoms with Crippen LogP contribution in [0.5, 0.6) is 0 Å². The van der Waals surface area contributed by atoms with Gasteiger partial charge < -0.3 is 71.6 Å². The summed E-state index contributed by atoms with van der Waals surface area (Å²) >= 11 is 0. The number of hydrogen-bond acceptors (Lipinski definition) is 20. The second kappa shape index (κ2) is 40.3. The van der Waals surface area contributed by atoms with E-state index in [1.54, 1.807) is 12.1 Å². The average molecular weight is 1040 g/mol. The topological polar surface area (TPSA) is 259 Å². The summed E-state index contributed by atoms with van der Waals surface area (Å²) in [6.45, 7) is 17.2. The fourth-order valence-electron chi connectivity index (χ4n) is 6.79. The van der Waals surface area contributed by atoms with Crippen molar-refractivity contribution < 1.29 is 95.1 Å². The summed E-state index contributed by atoms with van der Waals surface area (Å²) in [5.41, 5.74) is -0.120. The number of carbonyl (C=O) groups excluding carboxylic acids is 6. The summed E-state index contributed by atoms with van der Waals surface area (Å²) in [5, 5.41) is 4.91. The Hall–Kier alpha value is -4.08. The number of carbonyl (C=O) groups is 6. The first-order chi connectivity index (χ1) is 35.5. The number of piperidine rings is 1. The van der Waals surface area contributed by atoms with Gasteiger partial charge in [0, 0.05) is 19.4 Å². The van der Waals surface area contributed by atoms with Gasteiger partial charge >= 0.3 is 5.97 Å². The molecule has 0 radical (unpaired) electrons. The number of imide groups is 2. The van der Waals surface area contributed by atoms with Crippen LogP contribution in [0.2, 0.25) is 0 Å². The summed E-state index contributed by atoms with van der Waals surface area (Å²) in [5.74, 6) is -3.01. The lowest BCUT2D eigenvalue weighted by atomic mass is 10.0. The highest BCUT2D eigenvalue weighted by Gasteiger charge is 2.45. The van der Waals surface area contributed by atoms with Crippen LogP contribution >= 0.6 is 0 Å². The monoisotopic (exact) mass is 1040 g/mol. The highest BCUT2D eigenvalue weighted by Crippen LogP contribution is 2.32. The van der Waals surface area contributed by atoms with Crippen LogP contribution in [0.25, 0.3) is 0 Å². The molecule has 2 aliphatic rings. The first kappa shape index (κ1) is 63.2. The van der Waals surface area contributed by atoms with Crippen LogP contribution in [0.4, 0.5) is 5.69 Å². The zero-order valence-electron chi connectivity index (χ0n) is 43.3. The number of hydrogen-bond donors (Lipinski definition) is 2. The first-order valence-electron chi connectivity index (χ1n) is 25.3. The molecule has 0 saturated carbocycles. The van der Waals surface area contributed by atoms with Gasteiger partial charge in [-0.25, -0.2) is 0 Å². The number of benzene rings is 1. The molecule has 1 atom stereocenters. The van der Waals surface area contributed by atoms with E-state index in [2.05, 4.69) is 10.6 Å². The lowest BCUT2D eigenvalue weighted by molar-refractivity contribution is -0.156. The molecule has 1 fully saturated rings. The highest BCUT2D eigenvalue weighted by molar-refractivity contribution is 6.26. The van der Waals surface area contributed by atoms with E-state index in [0.29, 0.717) is 178 Å². The number of amides is 5. The second-order valence-electron chi connectivity index (χ2n) is 17.3. The third-order valence-corrected chi connectivity index (χ3v) is 10.3. The molecule has 73 heavy (non-hydrogen) atoms. The normalized spacial score (nSPS) is 14.8. The Morgan fingerprint density at radius 1 is 0.521 bits per heavy atom. The van der Waals surface area contributed by atoms with Crippen LogP contribution in [0.3, 0.4) is 0 Å². The Morgan fingerprint density at radius 2 is 0.918 bits per heavy atom. The number of unbranched alkanes of at least 4 members (excludes halogenated alkanes) is 2. The molecule has 2 N–H and O–H groups in total. The van der Waals surface area contributed by atoms with Gasteiger partial charge in [0.2, 0.25) is 17.7 Å². The minimum atomic E-state index is -1.08. The van der Waals surface area contributed by atoms with Crippen LogP contribution in [0, 0.1) is 0 Å². The third-order valence-electron chi connectivity index (χ3n) is 10.3. The molecular formula is C50H81N3O20. The molecule has 23 nitrogen and oxygen atoms in total. The number of ether oxygens (including phenoxy) is 14. The standard InChI is InChI=1S/C50H81N3O20/c1-50(2,3)73-45(56)13-15-61-17-19-63-21-23-65-25-27-67-29-31-69-33-35-71-37-39-72-38-36-70-34-32-68-30-28-66-26-24-64-22-20-62-18-16-60-14-6-4-5-10-43(54)51-41-9-7-8-40-46(41)49(59)53(48(40)58)42-11-12-44(55)52-47(42)57/h7-9,42H,4-6,10-39H2,1-3H3,(H,51,54)(H,52,55,57). The largest absolute Gasteiger partial charge is 0.460 e. The van der Waals surface area contributed by atoms with E-state index in [-0.39, 0.29) is 54.4 Å². The number of rotatable bonds is 47. The van der Waals surface area contributed by atoms with Gasteiger partial charge in [-0.05, 0) is 52.2 Å². The Kier molecular flexibility index (Phi) is 34.9. The lowest BCUT2D eigenvalue weighted by Crippen LogP contribution is -2.54. The van der Waals surface area contributed by atoms with Gasteiger partial charge in [0.15, 0.2) is 0 Å². The SMILES string of the molecule is CC(C)(C)OC(=O)CCOCCOCCOCCOCCOCCOCCOCCOCCOCCOCCOCCOCCOCCCCCC(=O)Nc1cccc2c1C(=O)N(C1CCC(=O)NC1=O)C2=O. The number of nitrogens with zero attached hydrogens (tertiary/aromatic N) is 1. The van der Waals surface area contributed by atoms with Gasteiger partial charge in [-0.2, -0.15) is 0 Å². The molecule has 1 unspecified atom stereocenters. The lowest BCUT2D eigenvalue weighted by Gasteiger charge is -2.27. The Morgan fingerprint density at radius 3 is 1.32 bits per heavy atom. The van der Waals surface area contributed by atoms with Crippen LogP contribution in [0.1, 0.15) is 86.4 Å². The van der Waals surface area contributed by atoms with Crippen LogP contribution < -0.4 is 10.6 Å². The molecule has 5 amide bonds. The zero-order valence-corrected chi connectivity index (χ0v) is 43.3. The third kappa shape index (κ3) is 30.2. The fraction of sp³-hybridized carbons (Fsp3) is 0.760. The van der Waals surface area contributed by atoms with Crippen LogP contribution in [0.15, 0.2) is 18.2 Å². The second-order valence-corrected chi connectivity index (χ2v) is 17.3. The van der Waals surface area contributed by atoms with Gasteiger partial charge in [0.1, 0.15) is 11.6 Å². The van der Waals surface area contributed by atoms with E-state index < -0.39 is 35.3 Å². The van der Waals surface area contributed by atoms with Gasteiger partial charge in [0.05, 0.1) is 188 Å². The fourth-order valence-corrected chi connectivity index (χ4v) is 6.79. The minimum absolute atomic E-state index is 0.0235. The van der Waals surface area contributed by atoms with E-state index in [4.69, 9.17) is 66.3 Å². The van der Waals surface area contributed by atoms with Crippen LogP contribution in [-0.4, -0.2) is 224 Å². The maximum atomic E-state index is 13.2. The molecule has 0 aromatic heterocycles. The van der Waals surface area contributed by atoms with Crippen molar-refractivity contribution in [2.45, 2.75) is 77.4 Å². The van der Waals surface area contributed by atoms with Crippen molar-refractivity contribution in [1.82, 2.24) is 10.2 Å². The molecular weight excluding hydrogens is 963 g/mol. The quantitative estimate of drug-likeness (QED) is 0.0540. The Balaban J connectivity index is 0.941. The van der Waals surface area contributed by atoms with E-state index in [1.807, 2.05) is 20.8 Å². The Labute approximate surface area is 429 Å². The molecule has 23 heteroatoms. The van der Waals surface area contributed by atoms with Gasteiger partial charge in [-0.1, -0.05) is 12.5 Å². The molecule has 1 aromatic rings. The molecule has 3 rings (SSSR count). The average Bonchev–Trinajstić information content (AvgIpc) is 3.60. The number of esters is 1. The summed E-state index contributed by atoms with van der Waals surface area (Å²) in [6.07, 6.45) is 2.63. The summed E-state index contributed by atoms with van der Waals surface area (Å²) in [6, 6.07) is 3.52. The van der Waals surface area contributed by atoms with Crippen molar-refractivity contribution >= 4 is 41.2 Å². The first-order valence-corrected chi connectivity index (χ1v) is 25.3. The van der Waals surface area contributed by atoms with Crippen molar-refractivity contribution in [3.63, 3.8) is 0 Å². The molecule has 416 valence electrons. The predicted molar refractivity (Wildman–Crippen MR) is 261 cm³/mol. The summed E-state index contributed by atoms with van der Waals surface area (Å²) in [4.78, 5) is 75.3. The van der Waals surface area contributed by atoms with E-state index >= 15 is 0 Å². The van der Waals surface area contributed by atoms with Crippen molar-refractivity contribution in [3.05, 3.63) is 29.3 Å². The van der Waals surface area contributed by atoms with Gasteiger partial charge in [0.25, 0.3) is 11.8 Å². The summed E-state index contributed by atoms with van der Waals surface area (Å²) < 4.78 is 76.7. The number of anilines is 1. The maximum absolute atomic E-state index is 13.2. The van der Waals surface area contributed by atoms with Crippen molar-refractivity contribution in [1.29, 1.82) is 0 Å². The van der Waals surface area contributed by atoms with Crippen molar-refractivity contribution in [2.24, 2.45) is 0 Å². The minimum Gasteiger partial charge on any atom is -0.460 e. The highest BCUT2D eigenvalue weighted by atomic mass is 16.6. The predicted octanol–water partition coefficient (Wildman–Crippen LogP) is 2.53. The molecule has 2 aliphatic heterocycles. The molecule has 0 spiro atoms. The van der Waals surface area contributed by atoms with E-state index in [1.165, 1.54) is 6.07 Å². The maximum Gasteiger partial charge on any atom is 0.308 e. The van der Waals surface area contributed by atoms with E-state index in [9.17, 15) is 28.8 Å². The molecule has 1 saturated heterocycles. The van der Waals surface area contributed by atoms with Crippen LogP contribution in [-0.2, 0) is 85.5 Å². The van der Waals surface area contributed by atoms with E-state index in [0.717, 1.165) is 17.7 Å². The van der Waals surface area contributed by atoms with Gasteiger partial charge in [-0.3, -0.25) is 39.0 Å². The molecule has 1 aromatic carbocycles. The number of nitrogens with one attached hydrogen (secondary N) is 2. The molecule has 0 bridgehead atoms.